The highest BCUT2D eigenvalue weighted by atomic mass is 32.2. The summed E-state index contributed by atoms with van der Waals surface area (Å²) in [5.74, 6) is 1.17. The Balaban J connectivity index is 1.89. The summed E-state index contributed by atoms with van der Waals surface area (Å²) >= 11 is 2.02. The zero-order chi connectivity index (χ0) is 10.2. The molecule has 82 valence electrons. The van der Waals surface area contributed by atoms with E-state index >= 15 is 0 Å². The highest BCUT2D eigenvalue weighted by Crippen LogP contribution is 2.25. The first-order valence-electron chi connectivity index (χ1n) is 5.98. The van der Waals surface area contributed by atoms with Crippen molar-refractivity contribution in [2.24, 2.45) is 4.99 Å². The Kier molecular flexibility index (Phi) is 6.33. The first-order chi connectivity index (χ1) is 6.83. The average molecular weight is 213 g/mol. The lowest BCUT2D eigenvalue weighted by molar-refractivity contribution is 0.586. The Labute approximate surface area is 92.8 Å². The molecular weight excluding hydrogens is 190 g/mol. The molecule has 0 fully saturated rings. The van der Waals surface area contributed by atoms with E-state index in [0.717, 1.165) is 0 Å². The van der Waals surface area contributed by atoms with Crippen LogP contribution in [0.4, 0.5) is 0 Å². The Bertz CT molecular complexity index is 177. The van der Waals surface area contributed by atoms with Crippen molar-refractivity contribution in [2.45, 2.75) is 64.2 Å². The minimum atomic E-state index is 0.598. The molecule has 0 saturated heterocycles. The zero-order valence-electron chi connectivity index (χ0n) is 9.59. The number of rotatable bonds is 7. The number of unbranched alkanes of at least 4 members (excludes halogenated alkanes) is 5. The molecule has 0 radical (unpaired) electrons. The molecule has 0 aliphatic carbocycles. The summed E-state index contributed by atoms with van der Waals surface area (Å²) < 4.78 is 0. The second-order valence-electron chi connectivity index (χ2n) is 4.19. The highest BCUT2D eigenvalue weighted by molar-refractivity contribution is 8.00. The van der Waals surface area contributed by atoms with Crippen molar-refractivity contribution in [3.05, 3.63) is 0 Å². The molecule has 1 aliphatic heterocycles. The number of nitrogens with zero attached hydrogens (tertiary/aromatic N) is 1. The van der Waals surface area contributed by atoms with Crippen LogP contribution in [0.1, 0.15) is 58.8 Å². The van der Waals surface area contributed by atoms with E-state index < -0.39 is 0 Å². The molecule has 2 heteroatoms. The number of hydrogen-bond acceptors (Lipinski definition) is 2. The van der Waals surface area contributed by atoms with Crippen molar-refractivity contribution < 1.29 is 0 Å². The van der Waals surface area contributed by atoms with Crippen molar-refractivity contribution in [1.82, 2.24) is 0 Å². The first kappa shape index (κ1) is 12.1. The van der Waals surface area contributed by atoms with Crippen molar-refractivity contribution in [2.75, 3.05) is 5.75 Å². The highest BCUT2D eigenvalue weighted by Gasteiger charge is 2.13. The van der Waals surface area contributed by atoms with Gasteiger partial charge in [-0.05, 0) is 13.3 Å². The SMILES string of the molecule is CCCCCCCCC1N=C(C)CS1. The van der Waals surface area contributed by atoms with Gasteiger partial charge < -0.3 is 0 Å². The minimum absolute atomic E-state index is 0.598. The molecule has 1 atom stereocenters. The lowest BCUT2D eigenvalue weighted by Gasteiger charge is -2.05. The van der Waals surface area contributed by atoms with Crippen LogP contribution in [0.2, 0.25) is 0 Å². The molecule has 1 unspecified atom stereocenters. The molecule has 1 rings (SSSR count). The van der Waals surface area contributed by atoms with E-state index in [4.69, 9.17) is 0 Å². The van der Waals surface area contributed by atoms with Crippen molar-refractivity contribution in [3.63, 3.8) is 0 Å². The lowest BCUT2D eigenvalue weighted by Crippen LogP contribution is -1.94. The Morgan fingerprint density at radius 2 is 1.93 bits per heavy atom. The zero-order valence-corrected chi connectivity index (χ0v) is 10.4. The molecule has 0 N–H and O–H groups in total. The molecule has 0 saturated carbocycles. The fraction of sp³-hybridized carbons (Fsp3) is 0.917. The molecule has 1 heterocycles. The van der Waals surface area contributed by atoms with Crippen molar-refractivity contribution in [3.8, 4) is 0 Å². The number of thioether (sulfide) groups is 1. The van der Waals surface area contributed by atoms with Crippen LogP contribution in [0.25, 0.3) is 0 Å². The molecule has 1 nitrogen and oxygen atoms in total. The van der Waals surface area contributed by atoms with Gasteiger partial charge in [0.25, 0.3) is 0 Å². The van der Waals surface area contributed by atoms with Crippen molar-refractivity contribution in [1.29, 1.82) is 0 Å². The quantitative estimate of drug-likeness (QED) is 0.575. The van der Waals surface area contributed by atoms with Crippen LogP contribution in [-0.2, 0) is 0 Å². The van der Waals surface area contributed by atoms with Gasteiger partial charge in [-0.2, -0.15) is 0 Å². The summed E-state index contributed by atoms with van der Waals surface area (Å²) in [6.07, 6.45) is 9.69. The van der Waals surface area contributed by atoms with Gasteiger partial charge in [0, 0.05) is 11.5 Å². The monoisotopic (exact) mass is 213 g/mol. The summed E-state index contributed by atoms with van der Waals surface area (Å²) in [4.78, 5) is 4.60. The maximum atomic E-state index is 4.60. The minimum Gasteiger partial charge on any atom is -0.279 e. The fourth-order valence-corrected chi connectivity index (χ4v) is 2.88. The van der Waals surface area contributed by atoms with Crippen LogP contribution in [0.3, 0.4) is 0 Å². The molecule has 0 aromatic heterocycles. The smallest absolute Gasteiger partial charge is 0.0954 e. The lowest BCUT2D eigenvalue weighted by atomic mass is 10.1. The predicted molar refractivity (Wildman–Crippen MR) is 67.3 cm³/mol. The Hall–Kier alpha value is 0.0200. The summed E-state index contributed by atoms with van der Waals surface area (Å²) in [7, 11) is 0. The first-order valence-corrected chi connectivity index (χ1v) is 7.02. The van der Waals surface area contributed by atoms with Gasteiger partial charge in [-0.1, -0.05) is 45.4 Å². The van der Waals surface area contributed by atoms with E-state index in [1.807, 2.05) is 11.8 Å². The summed E-state index contributed by atoms with van der Waals surface area (Å²) in [5.41, 5.74) is 1.34. The Morgan fingerprint density at radius 3 is 2.57 bits per heavy atom. The predicted octanol–water partition coefficient (Wildman–Crippen LogP) is 4.27. The van der Waals surface area contributed by atoms with Crippen LogP contribution in [0.5, 0.6) is 0 Å². The molecule has 0 bridgehead atoms. The molecule has 0 aromatic rings. The van der Waals surface area contributed by atoms with Gasteiger partial charge in [-0.15, -0.1) is 11.8 Å². The third-order valence-corrected chi connectivity index (χ3v) is 3.96. The van der Waals surface area contributed by atoms with Gasteiger partial charge in [0.1, 0.15) is 0 Å². The van der Waals surface area contributed by atoms with Gasteiger partial charge in [0.15, 0.2) is 0 Å². The van der Waals surface area contributed by atoms with Crippen LogP contribution >= 0.6 is 11.8 Å². The molecular formula is C12H23NS. The van der Waals surface area contributed by atoms with E-state index in [-0.39, 0.29) is 0 Å². The second-order valence-corrected chi connectivity index (χ2v) is 5.35. The Morgan fingerprint density at radius 1 is 1.21 bits per heavy atom. The molecule has 0 amide bonds. The van der Waals surface area contributed by atoms with E-state index in [2.05, 4.69) is 18.8 Å². The van der Waals surface area contributed by atoms with E-state index in [0.29, 0.717) is 5.37 Å². The largest absolute Gasteiger partial charge is 0.279 e. The van der Waals surface area contributed by atoms with E-state index in [9.17, 15) is 0 Å². The van der Waals surface area contributed by atoms with Gasteiger partial charge in [0.05, 0.1) is 5.37 Å². The van der Waals surface area contributed by atoms with Crippen LogP contribution < -0.4 is 0 Å². The van der Waals surface area contributed by atoms with E-state index in [1.165, 1.54) is 56.4 Å². The third kappa shape index (κ3) is 5.04. The van der Waals surface area contributed by atoms with Crippen molar-refractivity contribution >= 4 is 17.5 Å². The normalized spacial score (nSPS) is 21.3. The molecule has 0 spiro atoms. The maximum absolute atomic E-state index is 4.60. The van der Waals surface area contributed by atoms with Crippen LogP contribution in [0, 0.1) is 0 Å². The fourth-order valence-electron chi connectivity index (χ4n) is 1.78. The van der Waals surface area contributed by atoms with Gasteiger partial charge in [-0.3, -0.25) is 4.99 Å². The molecule has 14 heavy (non-hydrogen) atoms. The third-order valence-electron chi connectivity index (χ3n) is 2.65. The average Bonchev–Trinajstić information content (AvgIpc) is 2.58. The van der Waals surface area contributed by atoms with E-state index in [1.54, 1.807) is 0 Å². The topological polar surface area (TPSA) is 12.4 Å². The number of hydrogen-bond donors (Lipinski definition) is 0. The number of aliphatic imine (C=N–C) groups is 1. The molecule has 1 aliphatic rings. The maximum Gasteiger partial charge on any atom is 0.0954 e. The van der Waals surface area contributed by atoms with Crippen LogP contribution in [-0.4, -0.2) is 16.8 Å². The standard InChI is InChI=1S/C12H23NS/c1-3-4-5-6-7-8-9-12-13-11(2)10-14-12/h12H,3-10H2,1-2H3. The van der Waals surface area contributed by atoms with Gasteiger partial charge in [0.2, 0.25) is 0 Å². The summed E-state index contributed by atoms with van der Waals surface area (Å²) in [6.45, 7) is 4.42. The second kappa shape index (κ2) is 7.33. The molecule has 0 aromatic carbocycles. The van der Waals surface area contributed by atoms with Crippen LogP contribution in [0.15, 0.2) is 4.99 Å². The van der Waals surface area contributed by atoms with Gasteiger partial charge in [-0.25, -0.2) is 0 Å². The summed E-state index contributed by atoms with van der Waals surface area (Å²) in [5, 5.41) is 0.598. The van der Waals surface area contributed by atoms with Gasteiger partial charge >= 0.3 is 0 Å². The summed E-state index contributed by atoms with van der Waals surface area (Å²) in [6, 6.07) is 0.